The molecule has 3 rings (SSSR count). The SMILES string of the molecule is CCNC(=O)Nc1cccc(NC(=O)c2oc3ccccc3c2COC)c1. The number of methoxy groups -OCH3 is 1. The van der Waals surface area contributed by atoms with Crippen molar-refractivity contribution in [3.8, 4) is 0 Å². The standard InChI is InChI=1S/C20H21N3O4/c1-3-21-20(25)23-14-8-6-7-13(11-14)22-19(24)18-16(12-26-2)15-9-4-5-10-17(15)27-18/h4-11H,3,12H2,1-2H3,(H,22,24)(H2,21,23,25). The maximum absolute atomic E-state index is 12.8. The molecular formula is C20H21N3O4. The van der Waals surface area contributed by atoms with Crippen molar-refractivity contribution in [2.75, 3.05) is 24.3 Å². The molecule has 27 heavy (non-hydrogen) atoms. The second-order valence-electron chi connectivity index (χ2n) is 5.86. The van der Waals surface area contributed by atoms with Gasteiger partial charge in [0.15, 0.2) is 5.76 Å². The molecule has 0 aliphatic heterocycles. The lowest BCUT2D eigenvalue weighted by Crippen LogP contribution is -2.28. The first kappa shape index (κ1) is 18.5. The van der Waals surface area contributed by atoms with Crippen molar-refractivity contribution >= 4 is 34.3 Å². The Hall–Kier alpha value is -3.32. The summed E-state index contributed by atoms with van der Waals surface area (Å²) in [7, 11) is 1.57. The number of hydrogen-bond acceptors (Lipinski definition) is 4. The fourth-order valence-electron chi connectivity index (χ4n) is 2.77. The second kappa shape index (κ2) is 8.37. The van der Waals surface area contributed by atoms with Gasteiger partial charge in [0.1, 0.15) is 5.58 Å². The third-order valence-electron chi connectivity index (χ3n) is 3.91. The molecule has 3 amide bonds. The zero-order valence-electron chi connectivity index (χ0n) is 15.2. The minimum atomic E-state index is -0.381. The second-order valence-corrected chi connectivity index (χ2v) is 5.86. The molecule has 3 N–H and O–H groups in total. The van der Waals surface area contributed by atoms with Gasteiger partial charge in [-0.15, -0.1) is 0 Å². The van der Waals surface area contributed by atoms with Crippen molar-refractivity contribution in [2.45, 2.75) is 13.5 Å². The summed E-state index contributed by atoms with van der Waals surface area (Å²) in [5, 5.41) is 9.00. The first-order valence-electron chi connectivity index (χ1n) is 8.58. The Bertz CT molecular complexity index is 965. The van der Waals surface area contributed by atoms with E-state index >= 15 is 0 Å². The van der Waals surface area contributed by atoms with Gasteiger partial charge >= 0.3 is 6.03 Å². The summed E-state index contributed by atoms with van der Waals surface area (Å²) in [5.74, 6) is -0.173. The zero-order chi connectivity index (χ0) is 19.2. The predicted octanol–water partition coefficient (Wildman–Crippen LogP) is 3.97. The third-order valence-corrected chi connectivity index (χ3v) is 3.91. The number of amides is 3. The number of rotatable bonds is 6. The number of urea groups is 1. The summed E-state index contributed by atoms with van der Waals surface area (Å²) in [5.41, 5.74) is 2.43. The first-order chi connectivity index (χ1) is 13.1. The monoisotopic (exact) mass is 367 g/mol. The highest BCUT2D eigenvalue weighted by atomic mass is 16.5. The number of ether oxygens (including phenoxy) is 1. The molecule has 0 bridgehead atoms. The highest BCUT2D eigenvalue weighted by Crippen LogP contribution is 2.27. The number of benzene rings is 2. The van der Waals surface area contributed by atoms with Gasteiger partial charge in [-0.25, -0.2) is 4.79 Å². The zero-order valence-corrected chi connectivity index (χ0v) is 15.2. The van der Waals surface area contributed by atoms with Crippen LogP contribution in [0.15, 0.2) is 52.9 Å². The van der Waals surface area contributed by atoms with Crippen LogP contribution in [0.2, 0.25) is 0 Å². The molecular weight excluding hydrogens is 346 g/mol. The van der Waals surface area contributed by atoms with E-state index in [0.717, 1.165) is 5.39 Å². The van der Waals surface area contributed by atoms with E-state index in [4.69, 9.17) is 9.15 Å². The van der Waals surface area contributed by atoms with Crippen LogP contribution in [0.25, 0.3) is 11.0 Å². The molecule has 1 aromatic heterocycles. The van der Waals surface area contributed by atoms with Crippen LogP contribution in [0.3, 0.4) is 0 Å². The molecule has 0 saturated heterocycles. The van der Waals surface area contributed by atoms with E-state index in [1.54, 1.807) is 31.4 Å². The maximum Gasteiger partial charge on any atom is 0.319 e. The summed E-state index contributed by atoms with van der Waals surface area (Å²) in [6.07, 6.45) is 0. The normalized spacial score (nSPS) is 10.6. The fourth-order valence-corrected chi connectivity index (χ4v) is 2.77. The predicted molar refractivity (Wildman–Crippen MR) is 104 cm³/mol. The Labute approximate surface area is 156 Å². The molecule has 2 aromatic carbocycles. The number of para-hydroxylation sites is 1. The van der Waals surface area contributed by atoms with E-state index in [1.165, 1.54) is 0 Å². The molecule has 1 heterocycles. The van der Waals surface area contributed by atoms with E-state index in [1.807, 2.05) is 31.2 Å². The lowest BCUT2D eigenvalue weighted by Gasteiger charge is -2.09. The minimum absolute atomic E-state index is 0.208. The van der Waals surface area contributed by atoms with E-state index in [-0.39, 0.29) is 24.3 Å². The Kier molecular flexibility index (Phi) is 5.73. The van der Waals surface area contributed by atoms with Gasteiger partial charge in [0.25, 0.3) is 5.91 Å². The Morgan fingerprint density at radius 1 is 1.04 bits per heavy atom. The number of furan rings is 1. The smallest absolute Gasteiger partial charge is 0.319 e. The van der Waals surface area contributed by atoms with Gasteiger partial charge < -0.3 is 25.1 Å². The average molecular weight is 367 g/mol. The van der Waals surface area contributed by atoms with Crippen LogP contribution in [-0.2, 0) is 11.3 Å². The van der Waals surface area contributed by atoms with Crippen LogP contribution < -0.4 is 16.0 Å². The molecule has 0 aliphatic carbocycles. The molecule has 3 aromatic rings. The number of hydrogen-bond donors (Lipinski definition) is 3. The molecule has 7 nitrogen and oxygen atoms in total. The van der Waals surface area contributed by atoms with Crippen LogP contribution in [0.1, 0.15) is 23.0 Å². The van der Waals surface area contributed by atoms with E-state index < -0.39 is 0 Å². The molecule has 0 saturated carbocycles. The number of carbonyl (C=O) groups is 2. The molecule has 7 heteroatoms. The molecule has 0 aliphatic rings. The van der Waals surface area contributed by atoms with E-state index in [2.05, 4.69) is 16.0 Å². The van der Waals surface area contributed by atoms with Crippen LogP contribution >= 0.6 is 0 Å². The van der Waals surface area contributed by atoms with Crippen molar-refractivity contribution in [3.05, 3.63) is 59.9 Å². The average Bonchev–Trinajstić information content (AvgIpc) is 3.01. The van der Waals surface area contributed by atoms with Crippen molar-refractivity contribution in [1.29, 1.82) is 0 Å². The topological polar surface area (TPSA) is 92.6 Å². The fraction of sp³-hybridized carbons (Fsp3) is 0.200. The quantitative estimate of drug-likeness (QED) is 0.614. The minimum Gasteiger partial charge on any atom is -0.451 e. The molecule has 0 radical (unpaired) electrons. The van der Waals surface area contributed by atoms with Crippen molar-refractivity contribution in [3.63, 3.8) is 0 Å². The molecule has 0 fully saturated rings. The summed E-state index contributed by atoms with van der Waals surface area (Å²) < 4.78 is 11.0. The van der Waals surface area contributed by atoms with Crippen molar-refractivity contribution in [1.82, 2.24) is 5.32 Å². The largest absolute Gasteiger partial charge is 0.451 e. The highest BCUT2D eigenvalue weighted by Gasteiger charge is 2.20. The third kappa shape index (κ3) is 4.27. The van der Waals surface area contributed by atoms with Crippen LogP contribution in [0, 0.1) is 0 Å². The lowest BCUT2D eigenvalue weighted by atomic mass is 10.1. The Balaban J connectivity index is 1.82. The summed E-state index contributed by atoms with van der Waals surface area (Å²) in [6, 6.07) is 14.0. The van der Waals surface area contributed by atoms with Crippen molar-refractivity contribution < 1.29 is 18.7 Å². The number of carbonyl (C=O) groups excluding carboxylic acids is 2. The first-order valence-corrected chi connectivity index (χ1v) is 8.58. The molecule has 0 spiro atoms. The maximum atomic E-state index is 12.8. The van der Waals surface area contributed by atoms with E-state index in [9.17, 15) is 9.59 Å². The Morgan fingerprint density at radius 2 is 1.78 bits per heavy atom. The summed E-state index contributed by atoms with van der Waals surface area (Å²) in [4.78, 5) is 24.4. The van der Waals surface area contributed by atoms with Crippen LogP contribution in [0.5, 0.6) is 0 Å². The van der Waals surface area contributed by atoms with Gasteiger partial charge in [0.2, 0.25) is 0 Å². The number of fused-ring (bicyclic) bond motifs is 1. The number of anilines is 2. The highest BCUT2D eigenvalue weighted by molar-refractivity contribution is 6.06. The van der Waals surface area contributed by atoms with Gasteiger partial charge in [-0.05, 0) is 31.2 Å². The van der Waals surface area contributed by atoms with Crippen LogP contribution in [0.4, 0.5) is 16.2 Å². The van der Waals surface area contributed by atoms with Gasteiger partial charge in [0.05, 0.1) is 6.61 Å². The molecule has 140 valence electrons. The van der Waals surface area contributed by atoms with Gasteiger partial charge in [-0.2, -0.15) is 0 Å². The molecule has 0 unspecified atom stereocenters. The van der Waals surface area contributed by atoms with Crippen molar-refractivity contribution in [2.24, 2.45) is 0 Å². The van der Waals surface area contributed by atoms with Gasteiger partial charge in [-0.1, -0.05) is 24.3 Å². The van der Waals surface area contributed by atoms with Gasteiger partial charge in [-0.3, -0.25) is 4.79 Å². The summed E-state index contributed by atoms with van der Waals surface area (Å²) >= 11 is 0. The number of nitrogens with one attached hydrogen (secondary N) is 3. The molecule has 0 atom stereocenters. The summed E-state index contributed by atoms with van der Waals surface area (Å²) in [6.45, 7) is 2.62. The van der Waals surface area contributed by atoms with Gasteiger partial charge in [0, 0.05) is 36.0 Å². The Morgan fingerprint density at radius 3 is 2.52 bits per heavy atom. The van der Waals surface area contributed by atoms with E-state index in [0.29, 0.717) is 29.1 Å². The lowest BCUT2D eigenvalue weighted by molar-refractivity contribution is 0.0992. The van der Waals surface area contributed by atoms with Crippen LogP contribution in [-0.4, -0.2) is 25.6 Å².